The molecule has 2 aromatic rings. The molecule has 9 nitrogen and oxygen atoms in total. The van der Waals surface area contributed by atoms with Gasteiger partial charge in [0.1, 0.15) is 17.8 Å². The molecule has 2 amide bonds. The van der Waals surface area contributed by atoms with Gasteiger partial charge in [-0.25, -0.2) is 0 Å². The number of likely N-dealkylation sites (N-methyl/N-ethyl adjacent to an activating group) is 1. The summed E-state index contributed by atoms with van der Waals surface area (Å²) in [6.45, 7) is 17.1. The van der Waals surface area contributed by atoms with Gasteiger partial charge in [0.15, 0.2) is 0 Å². The molecular formula is C35H52N7O2+. The fraction of sp³-hybridized carbons (Fsp3) is 0.543. The second-order valence-electron chi connectivity index (χ2n) is 13.5. The number of aromatic nitrogens is 3. The van der Waals surface area contributed by atoms with Gasteiger partial charge >= 0.3 is 0 Å². The minimum absolute atomic E-state index is 0.0677. The predicted octanol–water partition coefficient (Wildman–Crippen LogP) is 6.07. The number of nitrogens with one attached hydrogen (secondary N) is 2. The predicted molar refractivity (Wildman–Crippen MR) is 179 cm³/mol. The Morgan fingerprint density at radius 3 is 2.45 bits per heavy atom. The minimum atomic E-state index is -0.155. The van der Waals surface area contributed by atoms with E-state index in [4.69, 9.17) is 0 Å². The highest BCUT2D eigenvalue weighted by atomic mass is 16.2. The summed E-state index contributed by atoms with van der Waals surface area (Å²) in [6, 6.07) is 2.12. The fourth-order valence-electron chi connectivity index (χ4n) is 6.65. The number of hydrogen-bond donors (Lipinski definition) is 2. The number of carbonyl (C=O) groups is 2. The lowest BCUT2D eigenvalue weighted by Crippen LogP contribution is -2.55. The van der Waals surface area contributed by atoms with Crippen molar-refractivity contribution in [3.8, 4) is 0 Å². The van der Waals surface area contributed by atoms with Gasteiger partial charge in [0.25, 0.3) is 5.91 Å². The number of nitrogens with zero attached hydrogens (tertiary/aromatic N) is 5. The maximum Gasteiger partial charge on any atom is 0.256 e. The fourth-order valence-corrected chi connectivity index (χ4v) is 6.65. The van der Waals surface area contributed by atoms with E-state index in [1.165, 1.54) is 0 Å². The van der Waals surface area contributed by atoms with Crippen molar-refractivity contribution in [2.75, 3.05) is 37.3 Å². The molecule has 4 heterocycles. The molecule has 2 aliphatic rings. The van der Waals surface area contributed by atoms with Crippen LogP contribution in [0.2, 0.25) is 0 Å². The summed E-state index contributed by atoms with van der Waals surface area (Å²) >= 11 is 0. The molecule has 0 aliphatic carbocycles. The molecule has 1 saturated heterocycles. The summed E-state index contributed by atoms with van der Waals surface area (Å²) in [5.41, 5.74) is 6.24. The van der Waals surface area contributed by atoms with Crippen LogP contribution in [0.4, 0.5) is 11.4 Å². The second kappa shape index (κ2) is 13.6. The molecule has 238 valence electrons. The third kappa shape index (κ3) is 7.38. The Kier molecular flexibility index (Phi) is 10.3. The van der Waals surface area contributed by atoms with Gasteiger partial charge in [-0.05, 0) is 75.9 Å². The Hall–Kier alpha value is -3.56. The van der Waals surface area contributed by atoms with Crippen molar-refractivity contribution in [2.24, 2.45) is 12.5 Å². The zero-order valence-electron chi connectivity index (χ0n) is 28.2. The number of piperidine rings is 1. The molecule has 2 N–H and O–H groups in total. The molecule has 4 rings (SSSR count). The Balaban J connectivity index is 1.54. The van der Waals surface area contributed by atoms with E-state index in [1.807, 2.05) is 44.0 Å². The highest BCUT2D eigenvalue weighted by molar-refractivity contribution is 6.04. The van der Waals surface area contributed by atoms with Crippen molar-refractivity contribution in [2.45, 2.75) is 86.2 Å². The van der Waals surface area contributed by atoms with E-state index in [0.29, 0.717) is 39.1 Å². The van der Waals surface area contributed by atoms with Crippen molar-refractivity contribution < 1.29 is 14.1 Å². The Labute approximate surface area is 263 Å². The average Bonchev–Trinajstić information content (AvgIpc) is 3.36. The van der Waals surface area contributed by atoms with Crippen LogP contribution in [-0.2, 0) is 16.6 Å². The lowest BCUT2D eigenvalue weighted by molar-refractivity contribution is -0.908. The number of hydrogen-bond acceptors (Lipinski definition) is 5. The van der Waals surface area contributed by atoms with E-state index in [2.05, 4.69) is 85.5 Å². The molecule has 9 heteroatoms. The quantitative estimate of drug-likeness (QED) is 0.268. The molecule has 0 radical (unpaired) electrons. The largest absolute Gasteiger partial charge is 0.324 e. The lowest BCUT2D eigenvalue weighted by Gasteiger charge is -2.45. The molecule has 1 fully saturated rings. The molecule has 2 aliphatic heterocycles. The smallest absolute Gasteiger partial charge is 0.256 e. The Morgan fingerprint density at radius 1 is 1.14 bits per heavy atom. The molecule has 0 spiro atoms. The van der Waals surface area contributed by atoms with Crippen molar-refractivity contribution in [3.63, 3.8) is 0 Å². The molecule has 3 atom stereocenters. The summed E-state index contributed by atoms with van der Waals surface area (Å²) in [5.74, 6) is -0.223. The number of pyridine rings is 1. The number of allylic oxidation sites excluding steroid dienone is 3. The van der Waals surface area contributed by atoms with E-state index in [1.54, 1.807) is 6.20 Å². The first-order valence-corrected chi connectivity index (χ1v) is 16.0. The van der Waals surface area contributed by atoms with Gasteiger partial charge in [-0.15, -0.1) is 0 Å². The van der Waals surface area contributed by atoms with E-state index in [-0.39, 0.29) is 23.9 Å². The summed E-state index contributed by atoms with van der Waals surface area (Å²) < 4.78 is 2.44. The first kappa shape index (κ1) is 33.3. The van der Waals surface area contributed by atoms with Gasteiger partial charge in [0.2, 0.25) is 5.91 Å². The summed E-state index contributed by atoms with van der Waals surface area (Å²) in [6.07, 6.45) is 16.2. The monoisotopic (exact) mass is 602 g/mol. The normalized spacial score (nSPS) is 24.2. The number of aryl methyl sites for hydroxylation is 2. The maximum atomic E-state index is 13.8. The Morgan fingerprint density at radius 2 is 1.84 bits per heavy atom. The lowest BCUT2D eigenvalue weighted by atomic mass is 9.83. The molecule has 44 heavy (non-hydrogen) atoms. The minimum Gasteiger partial charge on any atom is -0.324 e. The number of anilines is 2. The van der Waals surface area contributed by atoms with Crippen molar-refractivity contribution >= 4 is 28.8 Å². The highest BCUT2D eigenvalue weighted by Crippen LogP contribution is 2.36. The van der Waals surface area contributed by atoms with E-state index >= 15 is 0 Å². The zero-order valence-corrected chi connectivity index (χ0v) is 28.2. The van der Waals surface area contributed by atoms with Gasteiger partial charge in [0, 0.05) is 31.6 Å². The molecule has 0 bridgehead atoms. The third-order valence-electron chi connectivity index (χ3n) is 9.80. The van der Waals surface area contributed by atoms with E-state index in [9.17, 15) is 9.59 Å². The summed E-state index contributed by atoms with van der Waals surface area (Å²) in [5, 5.41) is 10.5. The van der Waals surface area contributed by atoms with Gasteiger partial charge in [0.05, 0.1) is 48.6 Å². The van der Waals surface area contributed by atoms with Crippen LogP contribution in [0.25, 0.3) is 5.57 Å². The van der Waals surface area contributed by atoms with Gasteiger partial charge in [-0.3, -0.25) is 28.6 Å². The Bertz CT molecular complexity index is 1460. The number of rotatable bonds is 9. The van der Waals surface area contributed by atoms with Crippen molar-refractivity contribution in [1.29, 1.82) is 0 Å². The maximum absolute atomic E-state index is 13.8. The van der Waals surface area contributed by atoms with Crippen LogP contribution in [0.3, 0.4) is 0 Å². The molecule has 0 saturated carbocycles. The summed E-state index contributed by atoms with van der Waals surface area (Å²) in [7, 11) is 4.17. The number of likely N-dealkylation sites (tertiary alicyclic amines) is 1. The number of quaternary nitrogens is 1. The molecule has 0 aromatic carbocycles. The zero-order chi connectivity index (χ0) is 32.2. The molecular weight excluding hydrogens is 550 g/mol. The number of amides is 2. The van der Waals surface area contributed by atoms with Crippen molar-refractivity contribution in [3.05, 3.63) is 65.4 Å². The first-order chi connectivity index (χ1) is 20.8. The molecule has 2 aromatic heterocycles. The van der Waals surface area contributed by atoms with Crippen LogP contribution in [-0.4, -0.2) is 74.7 Å². The van der Waals surface area contributed by atoms with Crippen LogP contribution >= 0.6 is 0 Å². The van der Waals surface area contributed by atoms with Gasteiger partial charge in [-0.2, -0.15) is 5.10 Å². The standard InChI is InChI=1S/C35H51N7O2/c1-10-30-13-12-27(28-20-37-40(8)22-28)18-24(3)42(30,9)32(11-2)25(4)34(44)39-31-19-29(21-36-26(31)5)38-33(43)23-41-16-14-35(6,7)15-17-41/h12-13,18-22,24,30H,10-11,14-17,23H2,1-9H3,(H-,38,39,43,44)/p+1/b32-25+. The summed E-state index contributed by atoms with van der Waals surface area (Å²) in [4.78, 5) is 33.4. The van der Waals surface area contributed by atoms with Crippen molar-refractivity contribution in [1.82, 2.24) is 19.7 Å². The topological polar surface area (TPSA) is 92.2 Å². The average molecular weight is 603 g/mol. The first-order valence-electron chi connectivity index (χ1n) is 16.0. The van der Waals surface area contributed by atoms with Gasteiger partial charge < -0.3 is 10.6 Å². The van der Waals surface area contributed by atoms with Crippen LogP contribution in [0.5, 0.6) is 0 Å². The highest BCUT2D eigenvalue weighted by Gasteiger charge is 2.41. The van der Waals surface area contributed by atoms with Crippen LogP contribution in [0, 0.1) is 12.3 Å². The van der Waals surface area contributed by atoms with Crippen LogP contribution in [0.1, 0.15) is 78.5 Å². The SMILES string of the molecule is CC/C(=C(/C)C(=O)Nc1cc(NC(=O)CN2CCC(C)(C)CC2)cnc1C)[N+]1(C)C(C)C=C(c2cnn(C)c2)C=CC1CC. The van der Waals surface area contributed by atoms with Crippen LogP contribution in [0.15, 0.2) is 54.2 Å². The van der Waals surface area contributed by atoms with E-state index in [0.717, 1.165) is 55.6 Å². The second-order valence-corrected chi connectivity index (χ2v) is 13.5. The number of carbonyl (C=O) groups excluding carboxylic acids is 2. The van der Waals surface area contributed by atoms with Crippen LogP contribution < -0.4 is 10.6 Å². The van der Waals surface area contributed by atoms with E-state index < -0.39 is 0 Å². The molecule has 3 unspecified atom stereocenters. The van der Waals surface area contributed by atoms with Gasteiger partial charge in [-0.1, -0.05) is 33.8 Å². The third-order valence-corrected chi connectivity index (χ3v) is 9.80.